The van der Waals surface area contributed by atoms with E-state index >= 15 is 0 Å². The summed E-state index contributed by atoms with van der Waals surface area (Å²) in [6.45, 7) is 4.43. The third-order valence-corrected chi connectivity index (χ3v) is 4.24. The van der Waals surface area contributed by atoms with Gasteiger partial charge in [-0.2, -0.15) is 4.98 Å². The molecule has 0 amide bonds. The topological polar surface area (TPSA) is 77.2 Å². The molecule has 2 aromatic carbocycles. The lowest BCUT2D eigenvalue weighted by atomic mass is 9.98. The van der Waals surface area contributed by atoms with Crippen LogP contribution in [-0.4, -0.2) is 33.0 Å². The van der Waals surface area contributed by atoms with Gasteiger partial charge in [0.2, 0.25) is 0 Å². The quantitative estimate of drug-likeness (QED) is 0.616. The summed E-state index contributed by atoms with van der Waals surface area (Å²) in [7, 11) is 1.55. The van der Waals surface area contributed by atoms with Crippen LogP contribution in [0, 0.1) is 0 Å². The maximum atomic E-state index is 11.4. The Morgan fingerprint density at radius 1 is 1.22 bits per heavy atom. The average Bonchev–Trinajstić information content (AvgIpc) is 3.08. The number of hydrogen-bond donors (Lipinski definition) is 1. The Bertz CT molecular complexity index is 946. The van der Waals surface area contributed by atoms with Crippen molar-refractivity contribution in [1.29, 1.82) is 0 Å². The Hall–Kier alpha value is -3.41. The summed E-state index contributed by atoms with van der Waals surface area (Å²) in [4.78, 5) is 15.8. The number of aromatic carboxylic acids is 1. The van der Waals surface area contributed by atoms with Gasteiger partial charge in [-0.05, 0) is 29.2 Å². The zero-order valence-electron chi connectivity index (χ0n) is 15.1. The summed E-state index contributed by atoms with van der Waals surface area (Å²) >= 11 is 0. The van der Waals surface area contributed by atoms with E-state index in [-0.39, 0.29) is 0 Å². The van der Waals surface area contributed by atoms with Crippen molar-refractivity contribution < 1.29 is 14.6 Å². The van der Waals surface area contributed by atoms with Gasteiger partial charge >= 0.3 is 12.0 Å². The summed E-state index contributed by atoms with van der Waals surface area (Å²) in [6.07, 6.45) is 3.24. The van der Waals surface area contributed by atoms with Crippen molar-refractivity contribution in [2.75, 3.05) is 7.11 Å². The molecule has 3 aromatic rings. The maximum Gasteiger partial charge on any atom is 0.336 e. The summed E-state index contributed by atoms with van der Waals surface area (Å²) in [5.74, 6) is -0.121. The SMILES string of the molecule is C=CCCn1nc(OC)nc1Cc1ccc(-c2ccccc2C(=O)O)cc1. The number of carboxylic acids is 1. The van der Waals surface area contributed by atoms with E-state index in [0.29, 0.717) is 30.1 Å². The molecule has 1 N–H and O–H groups in total. The molecule has 1 aromatic heterocycles. The standard InChI is InChI=1S/C21H21N3O3/c1-3-4-13-24-19(22-21(23-24)27-2)14-15-9-11-16(12-10-15)17-7-5-6-8-18(17)20(25)26/h3,5-12H,1,4,13-14H2,2H3,(H,25,26). The fourth-order valence-corrected chi connectivity index (χ4v) is 2.87. The zero-order valence-corrected chi connectivity index (χ0v) is 15.1. The minimum Gasteiger partial charge on any atom is -0.478 e. The molecule has 1 heterocycles. The number of aryl methyl sites for hydroxylation is 1. The number of nitrogens with zero attached hydrogens (tertiary/aromatic N) is 3. The van der Waals surface area contributed by atoms with Crippen molar-refractivity contribution in [3.05, 3.63) is 78.1 Å². The number of allylic oxidation sites excluding steroid dienone is 1. The highest BCUT2D eigenvalue weighted by Gasteiger charge is 2.13. The van der Waals surface area contributed by atoms with E-state index in [0.717, 1.165) is 23.4 Å². The van der Waals surface area contributed by atoms with Crippen LogP contribution in [0.3, 0.4) is 0 Å². The van der Waals surface area contributed by atoms with Crippen molar-refractivity contribution >= 4 is 5.97 Å². The molecule has 0 saturated heterocycles. The highest BCUT2D eigenvalue weighted by molar-refractivity contribution is 5.95. The smallest absolute Gasteiger partial charge is 0.336 e. The van der Waals surface area contributed by atoms with Crippen LogP contribution in [0.25, 0.3) is 11.1 Å². The van der Waals surface area contributed by atoms with Gasteiger partial charge in [0.05, 0.1) is 12.7 Å². The second-order valence-corrected chi connectivity index (χ2v) is 6.04. The third kappa shape index (κ3) is 4.23. The fourth-order valence-electron chi connectivity index (χ4n) is 2.87. The molecule has 0 bridgehead atoms. The van der Waals surface area contributed by atoms with Crippen molar-refractivity contribution in [2.45, 2.75) is 19.4 Å². The van der Waals surface area contributed by atoms with E-state index in [1.165, 1.54) is 0 Å². The van der Waals surface area contributed by atoms with E-state index in [9.17, 15) is 9.90 Å². The number of carbonyl (C=O) groups is 1. The highest BCUT2D eigenvalue weighted by atomic mass is 16.5. The number of benzene rings is 2. The number of carboxylic acid groups (broad SMARTS) is 1. The Kier molecular flexibility index (Phi) is 5.66. The van der Waals surface area contributed by atoms with Gasteiger partial charge in [-0.3, -0.25) is 0 Å². The number of rotatable bonds is 8. The molecule has 0 unspecified atom stereocenters. The van der Waals surface area contributed by atoms with Crippen molar-refractivity contribution in [1.82, 2.24) is 14.8 Å². The Labute approximate surface area is 157 Å². The summed E-state index contributed by atoms with van der Waals surface area (Å²) in [5.41, 5.74) is 2.91. The van der Waals surface area contributed by atoms with E-state index in [1.807, 2.05) is 47.2 Å². The molecule has 138 valence electrons. The number of aromatic nitrogens is 3. The molecule has 0 fully saturated rings. The predicted octanol–water partition coefficient (Wildman–Crippen LogP) is 3.82. The summed E-state index contributed by atoms with van der Waals surface area (Å²) in [5, 5.41) is 13.7. The molecule has 0 aliphatic heterocycles. The van der Waals surface area contributed by atoms with E-state index in [4.69, 9.17) is 4.74 Å². The monoisotopic (exact) mass is 363 g/mol. The first-order valence-electron chi connectivity index (χ1n) is 8.62. The molecular formula is C21H21N3O3. The fraction of sp³-hybridized carbons (Fsp3) is 0.190. The van der Waals surface area contributed by atoms with E-state index in [2.05, 4.69) is 16.7 Å². The van der Waals surface area contributed by atoms with Gasteiger partial charge in [-0.15, -0.1) is 11.7 Å². The highest BCUT2D eigenvalue weighted by Crippen LogP contribution is 2.24. The first-order valence-corrected chi connectivity index (χ1v) is 8.62. The second kappa shape index (κ2) is 8.31. The van der Waals surface area contributed by atoms with Gasteiger partial charge in [-0.1, -0.05) is 48.5 Å². The molecular weight excluding hydrogens is 342 g/mol. The molecule has 0 aliphatic rings. The van der Waals surface area contributed by atoms with E-state index < -0.39 is 5.97 Å². The van der Waals surface area contributed by atoms with Gasteiger partial charge in [0.15, 0.2) is 0 Å². The largest absolute Gasteiger partial charge is 0.478 e. The first-order chi connectivity index (χ1) is 13.1. The molecule has 6 heteroatoms. The number of hydrogen-bond acceptors (Lipinski definition) is 4. The molecule has 0 spiro atoms. The van der Waals surface area contributed by atoms with Crippen molar-refractivity contribution in [3.8, 4) is 17.1 Å². The summed E-state index contributed by atoms with van der Waals surface area (Å²) in [6, 6.07) is 15.2. The third-order valence-electron chi connectivity index (χ3n) is 4.24. The minimum atomic E-state index is -0.933. The minimum absolute atomic E-state index is 0.291. The van der Waals surface area contributed by atoms with Gasteiger partial charge in [0.25, 0.3) is 0 Å². The normalized spacial score (nSPS) is 10.6. The van der Waals surface area contributed by atoms with Gasteiger partial charge in [-0.25, -0.2) is 9.48 Å². The van der Waals surface area contributed by atoms with Crippen LogP contribution >= 0.6 is 0 Å². The lowest BCUT2D eigenvalue weighted by Gasteiger charge is -2.08. The van der Waals surface area contributed by atoms with Crippen LogP contribution in [0.15, 0.2) is 61.2 Å². The Balaban J connectivity index is 1.84. The van der Waals surface area contributed by atoms with Crippen molar-refractivity contribution in [2.24, 2.45) is 0 Å². The molecule has 27 heavy (non-hydrogen) atoms. The average molecular weight is 363 g/mol. The van der Waals surface area contributed by atoms with Crippen LogP contribution in [0.1, 0.15) is 28.2 Å². The molecule has 6 nitrogen and oxygen atoms in total. The zero-order chi connectivity index (χ0) is 19.2. The molecule has 3 rings (SSSR count). The lowest BCUT2D eigenvalue weighted by molar-refractivity contribution is 0.0697. The van der Waals surface area contributed by atoms with Gasteiger partial charge in [0.1, 0.15) is 5.82 Å². The Morgan fingerprint density at radius 3 is 2.63 bits per heavy atom. The van der Waals surface area contributed by atoms with Crippen LogP contribution < -0.4 is 4.74 Å². The van der Waals surface area contributed by atoms with Gasteiger partial charge in [0, 0.05) is 13.0 Å². The molecule has 0 saturated carbocycles. The lowest BCUT2D eigenvalue weighted by Crippen LogP contribution is -2.06. The van der Waals surface area contributed by atoms with Crippen molar-refractivity contribution in [3.63, 3.8) is 0 Å². The predicted molar refractivity (Wildman–Crippen MR) is 103 cm³/mol. The molecule has 0 atom stereocenters. The maximum absolute atomic E-state index is 11.4. The molecule has 0 radical (unpaired) electrons. The first kappa shape index (κ1) is 18.4. The van der Waals surface area contributed by atoms with Gasteiger partial charge < -0.3 is 9.84 Å². The Morgan fingerprint density at radius 2 is 1.96 bits per heavy atom. The van der Waals surface area contributed by atoms with Crippen LogP contribution in [0.4, 0.5) is 0 Å². The molecule has 0 aliphatic carbocycles. The number of ether oxygens (including phenoxy) is 1. The van der Waals surface area contributed by atoms with Crippen LogP contribution in [0.5, 0.6) is 6.01 Å². The second-order valence-electron chi connectivity index (χ2n) is 6.04. The summed E-state index contributed by atoms with van der Waals surface area (Å²) < 4.78 is 6.97. The number of methoxy groups -OCH3 is 1. The van der Waals surface area contributed by atoms with Crippen LogP contribution in [-0.2, 0) is 13.0 Å². The van der Waals surface area contributed by atoms with E-state index in [1.54, 1.807) is 19.2 Å². The van der Waals surface area contributed by atoms with Crippen LogP contribution in [0.2, 0.25) is 0 Å².